The van der Waals surface area contributed by atoms with Crippen molar-refractivity contribution >= 4 is 12.0 Å². The van der Waals surface area contributed by atoms with E-state index in [-0.39, 0.29) is 44.9 Å². The summed E-state index contributed by atoms with van der Waals surface area (Å²) in [5.41, 5.74) is 0.512. The van der Waals surface area contributed by atoms with Crippen molar-refractivity contribution in [3.8, 4) is 11.5 Å². The van der Waals surface area contributed by atoms with E-state index in [4.69, 9.17) is 15.3 Å². The number of aliphatic carboxylic acids is 1. The molecule has 0 unspecified atom stereocenters. The first-order valence-corrected chi connectivity index (χ1v) is 3.52. The molecular formula is C9H14N2O4Pt+4. The molecule has 1 rings (SSSR count). The zero-order chi connectivity index (χ0) is 9.84. The summed E-state index contributed by atoms with van der Waals surface area (Å²) < 4.78 is 0. The van der Waals surface area contributed by atoms with Gasteiger partial charge in [0.1, 0.15) is 0 Å². The fourth-order valence-corrected chi connectivity index (χ4v) is 0.812. The smallest absolute Gasteiger partial charge is 0.504 e. The van der Waals surface area contributed by atoms with Crippen molar-refractivity contribution in [1.29, 1.82) is 0 Å². The van der Waals surface area contributed by atoms with E-state index >= 15 is 0 Å². The van der Waals surface area contributed by atoms with Crippen LogP contribution in [0, 0.1) is 0 Å². The number of carboxylic acids is 1. The Labute approximate surface area is 107 Å². The maximum atomic E-state index is 10.1. The van der Waals surface area contributed by atoms with Gasteiger partial charge in [0.2, 0.25) is 0 Å². The van der Waals surface area contributed by atoms with Crippen molar-refractivity contribution in [3.63, 3.8) is 0 Å². The molecule has 0 aliphatic rings. The van der Waals surface area contributed by atoms with Gasteiger partial charge in [0.25, 0.3) is 0 Å². The number of hydrogen-bond acceptors (Lipinski definition) is 5. The fourth-order valence-electron chi connectivity index (χ4n) is 0.812. The molecule has 0 saturated carbocycles. The molecule has 0 aliphatic heterocycles. The van der Waals surface area contributed by atoms with Gasteiger partial charge in [-0.3, -0.25) is 0 Å². The van der Waals surface area contributed by atoms with E-state index in [1.807, 2.05) is 0 Å². The Bertz CT molecular complexity index is 369. The maximum absolute atomic E-state index is 10.1. The number of carboxylic acid groups (broad SMARTS) is 1. The topological polar surface area (TPSA) is 148 Å². The standard InChI is InChI=1S/C9H8O4.2H3N.Pt/c10-7-3-1-6(5-8(7)11)2-4-9(12)13;;;/h1-5,10-11H,(H,12,13);2*1H3;/q;;;+4/b4-2+;;;. The Morgan fingerprint density at radius 3 is 2.12 bits per heavy atom. The van der Waals surface area contributed by atoms with E-state index in [2.05, 4.69) is 0 Å². The zero-order valence-electron chi connectivity index (χ0n) is 8.37. The van der Waals surface area contributed by atoms with Gasteiger partial charge in [0, 0.05) is 6.08 Å². The monoisotopic (exact) mass is 409 g/mol. The molecule has 0 heterocycles. The summed E-state index contributed by atoms with van der Waals surface area (Å²) in [6.07, 6.45) is 2.27. The van der Waals surface area contributed by atoms with E-state index in [0.29, 0.717) is 5.56 Å². The number of aromatic hydroxyl groups is 2. The van der Waals surface area contributed by atoms with E-state index in [0.717, 1.165) is 6.08 Å². The molecular weight excluding hydrogens is 395 g/mol. The minimum absolute atomic E-state index is 0. The van der Waals surface area contributed by atoms with Crippen molar-refractivity contribution in [1.82, 2.24) is 12.3 Å². The van der Waals surface area contributed by atoms with Gasteiger partial charge >= 0.3 is 27.0 Å². The predicted molar refractivity (Wildman–Crippen MR) is 56.5 cm³/mol. The molecule has 16 heavy (non-hydrogen) atoms. The average Bonchev–Trinajstić information content (AvgIpc) is 2.07. The second kappa shape index (κ2) is 8.91. The van der Waals surface area contributed by atoms with Crippen molar-refractivity contribution < 1.29 is 41.2 Å². The van der Waals surface area contributed by atoms with Gasteiger partial charge in [0.15, 0.2) is 11.5 Å². The van der Waals surface area contributed by atoms with Gasteiger partial charge in [-0.25, -0.2) is 4.79 Å². The Balaban J connectivity index is -0.000000563. The normalized spacial score (nSPS) is 8.50. The number of carbonyl (C=O) groups is 1. The molecule has 0 fully saturated rings. The van der Waals surface area contributed by atoms with Crippen LogP contribution in [0.1, 0.15) is 5.56 Å². The molecule has 0 saturated heterocycles. The molecule has 0 bridgehead atoms. The first kappa shape index (κ1) is 20.1. The van der Waals surface area contributed by atoms with Crippen LogP contribution in [0.3, 0.4) is 0 Å². The van der Waals surface area contributed by atoms with Crippen LogP contribution in [0.4, 0.5) is 0 Å². The van der Waals surface area contributed by atoms with Gasteiger partial charge in [-0.2, -0.15) is 0 Å². The number of phenolic OH excluding ortho intramolecular Hbond substituents is 2. The van der Waals surface area contributed by atoms with Crippen molar-refractivity contribution in [2.75, 3.05) is 0 Å². The minimum Gasteiger partial charge on any atom is -0.504 e. The third-order valence-electron chi connectivity index (χ3n) is 1.42. The van der Waals surface area contributed by atoms with Gasteiger partial charge in [-0.05, 0) is 23.8 Å². The molecule has 0 spiro atoms. The van der Waals surface area contributed by atoms with Crippen molar-refractivity contribution in [2.45, 2.75) is 0 Å². The number of hydrogen-bond donors (Lipinski definition) is 5. The third-order valence-corrected chi connectivity index (χ3v) is 1.42. The number of rotatable bonds is 2. The van der Waals surface area contributed by atoms with E-state index < -0.39 is 5.97 Å². The molecule has 9 N–H and O–H groups in total. The maximum Gasteiger partial charge on any atom is 4.00 e. The Hall–Kier alpha value is -1.36. The summed E-state index contributed by atoms with van der Waals surface area (Å²) in [6.45, 7) is 0. The second-order valence-corrected chi connectivity index (χ2v) is 2.42. The van der Waals surface area contributed by atoms with Crippen molar-refractivity contribution in [3.05, 3.63) is 29.8 Å². The quantitative estimate of drug-likeness (QED) is 0.370. The molecule has 7 heteroatoms. The SMILES string of the molecule is N.N.O=C(O)/C=C/c1ccc(O)c(O)c1.[Pt+4]. The van der Waals surface area contributed by atoms with Crippen LogP contribution in [0.5, 0.6) is 11.5 Å². The third kappa shape index (κ3) is 6.18. The summed E-state index contributed by atoms with van der Waals surface area (Å²) in [5.74, 6) is -1.56. The minimum atomic E-state index is -1.06. The molecule has 1 aromatic carbocycles. The summed E-state index contributed by atoms with van der Waals surface area (Å²) in [6, 6.07) is 4.06. The zero-order valence-corrected chi connectivity index (χ0v) is 10.6. The molecule has 0 atom stereocenters. The van der Waals surface area contributed by atoms with Crippen molar-refractivity contribution in [2.24, 2.45) is 0 Å². The van der Waals surface area contributed by atoms with Crippen LogP contribution in [0.2, 0.25) is 0 Å². The Morgan fingerprint density at radius 2 is 1.69 bits per heavy atom. The van der Waals surface area contributed by atoms with Gasteiger partial charge in [-0.1, -0.05) is 6.07 Å². The Kier molecular flexibility index (Phi) is 11.2. The van der Waals surface area contributed by atoms with Crippen LogP contribution in [0.15, 0.2) is 24.3 Å². The van der Waals surface area contributed by atoms with E-state index in [1.54, 1.807) is 0 Å². The molecule has 90 valence electrons. The number of benzene rings is 1. The predicted octanol–water partition coefficient (Wildman–Crippen LogP) is 1.52. The van der Waals surface area contributed by atoms with Gasteiger partial charge in [0.05, 0.1) is 0 Å². The molecule has 0 radical (unpaired) electrons. The summed E-state index contributed by atoms with van der Waals surface area (Å²) in [5, 5.41) is 26.3. The molecule has 1 aromatic rings. The molecule has 6 nitrogen and oxygen atoms in total. The van der Waals surface area contributed by atoms with Crippen LogP contribution in [-0.4, -0.2) is 21.3 Å². The Morgan fingerprint density at radius 1 is 1.12 bits per heavy atom. The number of phenols is 2. The fraction of sp³-hybridized carbons (Fsp3) is 0. The van der Waals surface area contributed by atoms with Gasteiger partial charge < -0.3 is 27.6 Å². The first-order valence-electron chi connectivity index (χ1n) is 3.52. The van der Waals surface area contributed by atoms with Crippen LogP contribution in [0.25, 0.3) is 6.08 Å². The molecule has 0 aromatic heterocycles. The summed E-state index contributed by atoms with van der Waals surface area (Å²) in [4.78, 5) is 10.1. The van der Waals surface area contributed by atoms with Crippen LogP contribution < -0.4 is 12.3 Å². The average molecular weight is 409 g/mol. The van der Waals surface area contributed by atoms with Crippen LogP contribution in [-0.2, 0) is 25.9 Å². The van der Waals surface area contributed by atoms with Gasteiger partial charge in [-0.15, -0.1) is 0 Å². The van der Waals surface area contributed by atoms with Crippen LogP contribution >= 0.6 is 0 Å². The van der Waals surface area contributed by atoms with E-state index in [9.17, 15) is 4.79 Å². The van der Waals surface area contributed by atoms with E-state index in [1.165, 1.54) is 24.3 Å². The summed E-state index contributed by atoms with van der Waals surface area (Å²) >= 11 is 0. The molecule has 0 aliphatic carbocycles. The largest absolute Gasteiger partial charge is 4.00 e. The first-order chi connectivity index (χ1) is 6.09. The summed E-state index contributed by atoms with van der Waals surface area (Å²) in [7, 11) is 0. The molecule has 0 amide bonds. The second-order valence-electron chi connectivity index (χ2n) is 2.42.